The van der Waals surface area contributed by atoms with Crippen molar-refractivity contribution in [3.63, 3.8) is 0 Å². The van der Waals surface area contributed by atoms with Gasteiger partial charge in [-0.25, -0.2) is 0 Å². The van der Waals surface area contributed by atoms with Crippen LogP contribution in [0.4, 0.5) is 0 Å². The second kappa shape index (κ2) is 8.23. The van der Waals surface area contributed by atoms with E-state index in [1.807, 2.05) is 29.8 Å². The van der Waals surface area contributed by atoms with Gasteiger partial charge in [0.05, 0.1) is 13.2 Å². The smallest absolute Gasteiger partial charge is 0.0615 e. The van der Waals surface area contributed by atoms with Gasteiger partial charge in [-0.2, -0.15) is 0 Å². The molecule has 0 aliphatic carbocycles. The molecule has 0 unspecified atom stereocenters. The number of hydrogen-bond donors (Lipinski definition) is 2. The fourth-order valence-corrected chi connectivity index (χ4v) is 2.99. The summed E-state index contributed by atoms with van der Waals surface area (Å²) >= 11 is 0. The summed E-state index contributed by atoms with van der Waals surface area (Å²) in [5.41, 5.74) is 1.28. The van der Waals surface area contributed by atoms with Crippen molar-refractivity contribution in [3.05, 3.63) is 59.7 Å². The third-order valence-corrected chi connectivity index (χ3v) is 3.93. The highest BCUT2D eigenvalue weighted by atomic mass is 31.1. The van der Waals surface area contributed by atoms with Crippen LogP contribution in [0.1, 0.15) is 5.56 Å². The largest absolute Gasteiger partial charge is 0.392 e. The van der Waals surface area contributed by atoms with E-state index in [4.69, 9.17) is 10.2 Å². The second-order valence-electron chi connectivity index (χ2n) is 3.29. The summed E-state index contributed by atoms with van der Waals surface area (Å²) in [7, 11) is -0.430. The SMILES string of the molecule is OC/C=C/P(/C=C/CO)Cc1ccccc1. The van der Waals surface area contributed by atoms with Crippen LogP contribution >= 0.6 is 7.92 Å². The van der Waals surface area contributed by atoms with Gasteiger partial charge in [0.15, 0.2) is 0 Å². The van der Waals surface area contributed by atoms with Gasteiger partial charge in [0, 0.05) is 0 Å². The minimum absolute atomic E-state index is 0.0700. The summed E-state index contributed by atoms with van der Waals surface area (Å²) in [6.07, 6.45) is 4.47. The first-order valence-corrected chi connectivity index (χ1v) is 6.88. The lowest BCUT2D eigenvalue weighted by molar-refractivity contribution is 0.343. The summed E-state index contributed by atoms with van der Waals surface area (Å²) in [5.74, 6) is 4.04. The molecule has 16 heavy (non-hydrogen) atoms. The van der Waals surface area contributed by atoms with Crippen LogP contribution in [-0.2, 0) is 6.16 Å². The van der Waals surface area contributed by atoms with E-state index in [9.17, 15) is 0 Å². The normalized spacial score (nSPS) is 11.9. The topological polar surface area (TPSA) is 40.5 Å². The van der Waals surface area contributed by atoms with Gasteiger partial charge in [-0.1, -0.05) is 62.0 Å². The highest BCUT2D eigenvalue weighted by Crippen LogP contribution is 2.42. The van der Waals surface area contributed by atoms with Gasteiger partial charge < -0.3 is 10.2 Å². The maximum atomic E-state index is 8.76. The molecular formula is C13H17O2P. The van der Waals surface area contributed by atoms with Crippen molar-refractivity contribution in [3.8, 4) is 0 Å². The van der Waals surface area contributed by atoms with Crippen LogP contribution in [0.3, 0.4) is 0 Å². The third-order valence-electron chi connectivity index (χ3n) is 2.01. The number of benzene rings is 1. The average Bonchev–Trinajstić information content (AvgIpc) is 2.34. The van der Waals surface area contributed by atoms with Gasteiger partial charge in [-0.3, -0.25) is 0 Å². The van der Waals surface area contributed by atoms with Gasteiger partial charge in [-0.05, 0) is 11.7 Å². The Balaban J connectivity index is 2.63. The molecule has 0 saturated heterocycles. The Labute approximate surface area is 97.7 Å². The highest BCUT2D eigenvalue weighted by Gasteiger charge is 2.00. The Morgan fingerprint density at radius 2 is 1.50 bits per heavy atom. The molecule has 0 saturated carbocycles. The first-order chi connectivity index (χ1) is 7.86. The monoisotopic (exact) mass is 236 g/mol. The van der Waals surface area contributed by atoms with Gasteiger partial charge >= 0.3 is 0 Å². The molecule has 0 fully saturated rings. The molecule has 1 aromatic rings. The molecule has 0 heterocycles. The van der Waals surface area contributed by atoms with E-state index >= 15 is 0 Å². The summed E-state index contributed by atoms with van der Waals surface area (Å²) in [5, 5.41) is 17.5. The molecule has 2 nitrogen and oxygen atoms in total. The van der Waals surface area contributed by atoms with Crippen molar-refractivity contribution in [2.24, 2.45) is 0 Å². The van der Waals surface area contributed by atoms with Gasteiger partial charge in [-0.15, -0.1) is 0 Å². The van der Waals surface area contributed by atoms with E-state index in [1.54, 1.807) is 12.2 Å². The molecular weight excluding hydrogens is 219 g/mol. The zero-order valence-corrected chi connectivity index (χ0v) is 10.1. The van der Waals surface area contributed by atoms with E-state index < -0.39 is 7.92 Å². The maximum absolute atomic E-state index is 8.76. The van der Waals surface area contributed by atoms with E-state index in [0.717, 1.165) is 6.16 Å². The molecule has 1 rings (SSSR count). The third kappa shape index (κ3) is 5.22. The average molecular weight is 236 g/mol. The fourth-order valence-electron chi connectivity index (χ4n) is 1.31. The summed E-state index contributed by atoms with van der Waals surface area (Å²) in [6, 6.07) is 10.2. The van der Waals surface area contributed by atoms with Crippen LogP contribution in [0, 0.1) is 0 Å². The van der Waals surface area contributed by atoms with Crippen molar-refractivity contribution in [1.82, 2.24) is 0 Å². The van der Waals surface area contributed by atoms with Crippen LogP contribution < -0.4 is 0 Å². The zero-order valence-electron chi connectivity index (χ0n) is 9.16. The number of hydrogen-bond acceptors (Lipinski definition) is 2. The van der Waals surface area contributed by atoms with E-state index in [0.29, 0.717) is 0 Å². The van der Waals surface area contributed by atoms with E-state index in [-0.39, 0.29) is 13.2 Å². The Morgan fingerprint density at radius 3 is 2.00 bits per heavy atom. The molecule has 0 bridgehead atoms. The van der Waals surface area contributed by atoms with E-state index in [2.05, 4.69) is 12.1 Å². The maximum Gasteiger partial charge on any atom is 0.0615 e. The van der Waals surface area contributed by atoms with Crippen molar-refractivity contribution in [2.75, 3.05) is 13.2 Å². The van der Waals surface area contributed by atoms with Gasteiger partial charge in [0.25, 0.3) is 0 Å². The van der Waals surface area contributed by atoms with Crippen LogP contribution in [0.25, 0.3) is 0 Å². The second-order valence-corrected chi connectivity index (χ2v) is 5.23. The van der Waals surface area contributed by atoms with Crippen molar-refractivity contribution in [2.45, 2.75) is 6.16 Å². The molecule has 0 radical (unpaired) electrons. The molecule has 0 aliphatic rings. The summed E-state index contributed by atoms with van der Waals surface area (Å²) < 4.78 is 0. The predicted octanol–water partition coefficient (Wildman–Crippen LogP) is 2.68. The fraction of sp³-hybridized carbons (Fsp3) is 0.231. The lowest BCUT2D eigenvalue weighted by Crippen LogP contribution is -1.81. The van der Waals surface area contributed by atoms with Gasteiger partial charge in [0.1, 0.15) is 0 Å². The molecule has 2 N–H and O–H groups in total. The van der Waals surface area contributed by atoms with Gasteiger partial charge in [0.2, 0.25) is 0 Å². The molecule has 86 valence electrons. The standard InChI is InChI=1S/C13H17O2P/c14-8-4-10-16(11-5-9-15)12-13-6-2-1-3-7-13/h1-7,10-11,14-15H,8-9,12H2/b10-4+,11-5+. The van der Waals surface area contributed by atoms with Crippen LogP contribution in [0.15, 0.2) is 54.1 Å². The predicted molar refractivity (Wildman–Crippen MR) is 69.5 cm³/mol. The minimum atomic E-state index is -0.430. The number of rotatable bonds is 6. The minimum Gasteiger partial charge on any atom is -0.392 e. The van der Waals surface area contributed by atoms with Crippen molar-refractivity contribution < 1.29 is 10.2 Å². The first-order valence-electron chi connectivity index (χ1n) is 5.21. The molecule has 0 amide bonds. The van der Waals surface area contributed by atoms with Crippen LogP contribution in [0.5, 0.6) is 0 Å². The number of aliphatic hydroxyl groups excluding tert-OH is 2. The molecule has 1 aromatic carbocycles. The Kier molecular flexibility index (Phi) is 6.75. The summed E-state index contributed by atoms with van der Waals surface area (Å²) in [4.78, 5) is 0. The molecule has 0 atom stereocenters. The molecule has 0 aromatic heterocycles. The molecule has 3 heteroatoms. The van der Waals surface area contributed by atoms with Crippen LogP contribution in [0.2, 0.25) is 0 Å². The van der Waals surface area contributed by atoms with Crippen LogP contribution in [-0.4, -0.2) is 23.4 Å². The Hall–Kier alpha value is -0.950. The zero-order chi connectivity index (χ0) is 11.6. The molecule has 0 aliphatic heterocycles. The Morgan fingerprint density at radius 1 is 0.938 bits per heavy atom. The highest BCUT2D eigenvalue weighted by molar-refractivity contribution is 7.63. The lowest BCUT2D eigenvalue weighted by atomic mass is 10.2. The molecule has 0 spiro atoms. The summed E-state index contributed by atoms with van der Waals surface area (Å²) in [6.45, 7) is 0.140. The lowest BCUT2D eigenvalue weighted by Gasteiger charge is -2.08. The first kappa shape index (κ1) is 13.1. The Bertz CT molecular complexity index is 319. The van der Waals surface area contributed by atoms with Crippen molar-refractivity contribution >= 4 is 7.92 Å². The quantitative estimate of drug-likeness (QED) is 0.745. The van der Waals surface area contributed by atoms with E-state index in [1.165, 1.54) is 5.56 Å². The van der Waals surface area contributed by atoms with Crippen molar-refractivity contribution in [1.29, 1.82) is 0 Å². The number of aliphatic hydroxyl groups is 2.